The van der Waals surface area contributed by atoms with E-state index in [4.69, 9.17) is 4.74 Å². The summed E-state index contributed by atoms with van der Waals surface area (Å²) in [4.78, 5) is 22.8. The van der Waals surface area contributed by atoms with Gasteiger partial charge in [0.15, 0.2) is 0 Å². The molecule has 0 saturated heterocycles. The number of hydrogen-bond acceptors (Lipinski definition) is 4. The number of hydrogen-bond donors (Lipinski definition) is 1. The maximum atomic E-state index is 12.4. The van der Waals surface area contributed by atoms with E-state index in [1.807, 2.05) is 0 Å². The predicted molar refractivity (Wildman–Crippen MR) is 83.2 cm³/mol. The molecule has 0 unspecified atom stereocenters. The first kappa shape index (κ1) is 16.3. The molecule has 0 atom stereocenters. The minimum Gasteiger partial charge on any atom is -0.496 e. The average molecular weight is 306 g/mol. The lowest BCUT2D eigenvalue weighted by Crippen LogP contribution is -2.37. The normalized spacial score (nSPS) is 21.2. The Morgan fingerprint density at radius 1 is 1.36 bits per heavy atom. The molecule has 1 amide bonds. The predicted octanol–water partition coefficient (Wildman–Crippen LogP) is 3.30. The highest BCUT2D eigenvalue weighted by molar-refractivity contribution is 5.97. The Labute approximate surface area is 130 Å². The number of ether oxygens (including phenoxy) is 1. The van der Waals surface area contributed by atoms with Gasteiger partial charge in [-0.25, -0.2) is 0 Å². The number of nitrogens with zero attached hydrogens (tertiary/aromatic N) is 1. The van der Waals surface area contributed by atoms with Gasteiger partial charge in [-0.05, 0) is 37.7 Å². The second kappa shape index (κ2) is 7.24. The van der Waals surface area contributed by atoms with Crippen LogP contribution in [0.4, 0.5) is 5.69 Å². The van der Waals surface area contributed by atoms with Crippen molar-refractivity contribution in [1.82, 2.24) is 5.32 Å². The highest BCUT2D eigenvalue weighted by atomic mass is 16.6. The van der Waals surface area contributed by atoms with Gasteiger partial charge in [0.25, 0.3) is 11.6 Å². The van der Waals surface area contributed by atoms with Gasteiger partial charge < -0.3 is 10.1 Å². The van der Waals surface area contributed by atoms with Crippen molar-refractivity contribution in [1.29, 1.82) is 0 Å². The van der Waals surface area contributed by atoms with Crippen molar-refractivity contribution >= 4 is 11.6 Å². The summed E-state index contributed by atoms with van der Waals surface area (Å²) in [6.45, 7) is 2.19. The zero-order valence-electron chi connectivity index (χ0n) is 13.0. The number of carbonyl (C=O) groups is 1. The van der Waals surface area contributed by atoms with Crippen molar-refractivity contribution in [3.05, 3.63) is 33.9 Å². The van der Waals surface area contributed by atoms with Crippen LogP contribution in [0.5, 0.6) is 5.75 Å². The largest absolute Gasteiger partial charge is 0.496 e. The van der Waals surface area contributed by atoms with E-state index in [0.29, 0.717) is 5.75 Å². The van der Waals surface area contributed by atoms with Gasteiger partial charge in [0.1, 0.15) is 5.75 Å². The molecular formula is C16H22N2O4. The van der Waals surface area contributed by atoms with Crippen molar-refractivity contribution in [3.8, 4) is 5.75 Å². The molecule has 1 aromatic rings. The topological polar surface area (TPSA) is 81.5 Å². The van der Waals surface area contributed by atoms with Crippen LogP contribution in [0, 0.1) is 16.0 Å². The van der Waals surface area contributed by atoms with Crippen molar-refractivity contribution in [2.45, 2.75) is 45.1 Å². The van der Waals surface area contributed by atoms with Crippen LogP contribution in [-0.4, -0.2) is 24.0 Å². The lowest BCUT2D eigenvalue weighted by atomic mass is 9.84. The molecule has 0 aliphatic heterocycles. The second-order valence-electron chi connectivity index (χ2n) is 5.74. The van der Waals surface area contributed by atoms with E-state index in [0.717, 1.165) is 31.6 Å². The van der Waals surface area contributed by atoms with E-state index >= 15 is 0 Å². The maximum absolute atomic E-state index is 12.4. The molecule has 0 bridgehead atoms. The molecule has 0 spiro atoms. The number of rotatable bonds is 5. The molecule has 1 N–H and O–H groups in total. The monoisotopic (exact) mass is 306 g/mol. The van der Waals surface area contributed by atoms with Crippen molar-refractivity contribution in [2.24, 2.45) is 5.92 Å². The van der Waals surface area contributed by atoms with Gasteiger partial charge in [-0.2, -0.15) is 0 Å². The van der Waals surface area contributed by atoms with Crippen LogP contribution in [-0.2, 0) is 0 Å². The summed E-state index contributed by atoms with van der Waals surface area (Å²) < 4.78 is 5.14. The van der Waals surface area contributed by atoms with Crippen molar-refractivity contribution < 1.29 is 14.5 Å². The van der Waals surface area contributed by atoms with Crippen LogP contribution in [0.1, 0.15) is 49.4 Å². The molecule has 1 aliphatic carbocycles. The second-order valence-corrected chi connectivity index (χ2v) is 5.74. The molecule has 1 fully saturated rings. The highest BCUT2D eigenvalue weighted by Crippen LogP contribution is 2.28. The lowest BCUT2D eigenvalue weighted by molar-refractivity contribution is -0.384. The fourth-order valence-electron chi connectivity index (χ4n) is 2.97. The quantitative estimate of drug-likeness (QED) is 0.668. The molecule has 1 aromatic carbocycles. The summed E-state index contributed by atoms with van der Waals surface area (Å²) in [6, 6.07) is 4.20. The lowest BCUT2D eigenvalue weighted by Gasteiger charge is -2.28. The van der Waals surface area contributed by atoms with E-state index < -0.39 is 4.92 Å². The molecule has 6 heteroatoms. The molecule has 0 heterocycles. The molecule has 2 rings (SSSR count). The van der Waals surface area contributed by atoms with E-state index in [9.17, 15) is 14.9 Å². The molecular weight excluding hydrogens is 284 g/mol. The Morgan fingerprint density at radius 2 is 2.05 bits per heavy atom. The molecule has 1 saturated carbocycles. The smallest absolute Gasteiger partial charge is 0.270 e. The minimum absolute atomic E-state index is 0.111. The number of nitro groups is 1. The third-order valence-corrected chi connectivity index (χ3v) is 4.40. The van der Waals surface area contributed by atoms with Crippen molar-refractivity contribution in [3.63, 3.8) is 0 Å². The zero-order chi connectivity index (χ0) is 16.1. The van der Waals surface area contributed by atoms with Crippen LogP contribution < -0.4 is 10.1 Å². The van der Waals surface area contributed by atoms with E-state index in [1.165, 1.54) is 31.7 Å². The minimum atomic E-state index is -0.511. The molecule has 22 heavy (non-hydrogen) atoms. The maximum Gasteiger partial charge on any atom is 0.270 e. The zero-order valence-corrected chi connectivity index (χ0v) is 13.0. The van der Waals surface area contributed by atoms with Gasteiger partial charge >= 0.3 is 0 Å². The van der Waals surface area contributed by atoms with Gasteiger partial charge in [0.2, 0.25) is 0 Å². The Hall–Kier alpha value is -2.11. The fourth-order valence-corrected chi connectivity index (χ4v) is 2.97. The summed E-state index contributed by atoms with van der Waals surface area (Å²) in [7, 11) is 1.45. The summed E-state index contributed by atoms with van der Waals surface area (Å²) >= 11 is 0. The summed E-state index contributed by atoms with van der Waals surface area (Å²) in [6.07, 6.45) is 5.34. The summed E-state index contributed by atoms with van der Waals surface area (Å²) in [5.74, 6) is 0.798. The Bertz CT molecular complexity index is 551. The first-order valence-electron chi connectivity index (χ1n) is 7.68. The molecule has 120 valence electrons. The van der Waals surface area contributed by atoms with E-state index in [1.54, 1.807) is 0 Å². The van der Waals surface area contributed by atoms with Crippen LogP contribution in [0.2, 0.25) is 0 Å². The Morgan fingerprint density at radius 3 is 2.59 bits per heavy atom. The van der Waals surface area contributed by atoms with Gasteiger partial charge in [-0.3, -0.25) is 14.9 Å². The number of nitro benzene ring substituents is 1. The van der Waals surface area contributed by atoms with E-state index in [-0.39, 0.29) is 23.2 Å². The highest BCUT2D eigenvalue weighted by Gasteiger charge is 2.24. The number of nitrogens with one attached hydrogen (secondary N) is 1. The van der Waals surface area contributed by atoms with Gasteiger partial charge in [-0.15, -0.1) is 0 Å². The SMILES string of the molecule is CCC1CCC(NC(=O)c2cc([N+](=O)[O-])ccc2OC)CC1. The summed E-state index contributed by atoms with van der Waals surface area (Å²) in [5.41, 5.74) is 0.106. The number of amides is 1. The molecule has 1 aliphatic rings. The van der Waals surface area contributed by atoms with E-state index in [2.05, 4.69) is 12.2 Å². The Balaban J connectivity index is 2.08. The van der Waals surface area contributed by atoms with Crippen LogP contribution in [0.3, 0.4) is 0 Å². The number of carbonyl (C=O) groups excluding carboxylic acids is 1. The fraction of sp³-hybridized carbons (Fsp3) is 0.562. The standard InChI is InChI=1S/C16H22N2O4/c1-3-11-4-6-12(7-5-11)17-16(19)14-10-13(18(20)21)8-9-15(14)22-2/h8-12H,3-7H2,1-2H3,(H,17,19). The Kier molecular flexibility index (Phi) is 5.35. The first-order chi connectivity index (χ1) is 10.5. The van der Waals surface area contributed by atoms with Gasteiger partial charge in [0.05, 0.1) is 17.6 Å². The van der Waals surface area contributed by atoms with Crippen molar-refractivity contribution in [2.75, 3.05) is 7.11 Å². The third-order valence-electron chi connectivity index (χ3n) is 4.40. The average Bonchev–Trinajstić information content (AvgIpc) is 2.54. The van der Waals surface area contributed by atoms with Gasteiger partial charge in [0, 0.05) is 18.2 Å². The number of benzene rings is 1. The van der Waals surface area contributed by atoms with Crippen LogP contribution in [0.15, 0.2) is 18.2 Å². The molecule has 0 aromatic heterocycles. The summed E-state index contributed by atoms with van der Waals surface area (Å²) in [5, 5.41) is 13.8. The van der Waals surface area contributed by atoms with Crippen LogP contribution in [0.25, 0.3) is 0 Å². The van der Waals surface area contributed by atoms with Gasteiger partial charge in [-0.1, -0.05) is 13.3 Å². The first-order valence-corrected chi connectivity index (χ1v) is 7.68. The number of methoxy groups -OCH3 is 1. The number of non-ortho nitro benzene ring substituents is 1. The molecule has 6 nitrogen and oxygen atoms in total. The van der Waals surface area contributed by atoms with Crippen LogP contribution >= 0.6 is 0 Å². The third kappa shape index (κ3) is 3.75. The molecule has 0 radical (unpaired) electrons.